The molecule has 0 spiro atoms. The molecule has 1 saturated heterocycles. The van der Waals surface area contributed by atoms with E-state index in [1.807, 2.05) is 36.9 Å². The van der Waals surface area contributed by atoms with Gasteiger partial charge in [-0.05, 0) is 32.5 Å². The first-order valence-electron chi connectivity index (χ1n) is 8.80. The molecule has 2 aromatic rings. The maximum Gasteiger partial charge on any atom is 0.290 e. The van der Waals surface area contributed by atoms with Crippen LogP contribution in [0.2, 0.25) is 0 Å². The highest BCUT2D eigenvalue weighted by Gasteiger charge is 2.27. The number of likely N-dealkylation sites (N-methyl/N-ethyl adjacent to an activating group) is 1. The van der Waals surface area contributed by atoms with Crippen LogP contribution in [0.25, 0.3) is 5.52 Å². The summed E-state index contributed by atoms with van der Waals surface area (Å²) in [6, 6.07) is 5.50. The summed E-state index contributed by atoms with van der Waals surface area (Å²) >= 11 is 0. The Morgan fingerprint density at radius 1 is 1.20 bits per heavy atom. The highest BCUT2D eigenvalue weighted by molar-refractivity contribution is 6.02. The van der Waals surface area contributed by atoms with Crippen LogP contribution in [0.4, 0.5) is 0 Å². The van der Waals surface area contributed by atoms with E-state index in [9.17, 15) is 9.59 Å². The number of carbonyl (C=O) groups excluding carboxylic acids is 2. The normalized spacial score (nSPS) is 15.8. The second kappa shape index (κ2) is 7.23. The summed E-state index contributed by atoms with van der Waals surface area (Å²) in [6.07, 6.45) is 1.78. The van der Waals surface area contributed by atoms with Crippen LogP contribution in [-0.4, -0.2) is 69.8 Å². The lowest BCUT2D eigenvalue weighted by Crippen LogP contribution is -2.48. The van der Waals surface area contributed by atoms with Gasteiger partial charge in [0.1, 0.15) is 0 Å². The monoisotopic (exact) mass is 343 g/mol. The van der Waals surface area contributed by atoms with Crippen LogP contribution in [0.1, 0.15) is 41.9 Å². The SMILES string of the molecule is CCN1CCN(C(=O)c2nc(C(=O)NC(C)C)c3ccccn23)CC1. The van der Waals surface area contributed by atoms with Crippen molar-refractivity contribution in [2.75, 3.05) is 32.7 Å². The molecule has 2 amide bonds. The number of fused-ring (bicyclic) bond motifs is 1. The summed E-state index contributed by atoms with van der Waals surface area (Å²) in [4.78, 5) is 33.9. The summed E-state index contributed by atoms with van der Waals surface area (Å²) in [5.74, 6) is -0.0800. The van der Waals surface area contributed by atoms with Crippen molar-refractivity contribution in [3.63, 3.8) is 0 Å². The number of nitrogens with zero attached hydrogens (tertiary/aromatic N) is 4. The molecule has 3 rings (SSSR count). The molecule has 134 valence electrons. The van der Waals surface area contributed by atoms with Gasteiger partial charge in [0.25, 0.3) is 11.8 Å². The van der Waals surface area contributed by atoms with E-state index in [1.165, 1.54) is 0 Å². The number of amides is 2. The Hall–Kier alpha value is -2.41. The van der Waals surface area contributed by atoms with E-state index in [0.29, 0.717) is 30.1 Å². The van der Waals surface area contributed by atoms with E-state index in [0.717, 1.165) is 19.6 Å². The van der Waals surface area contributed by atoms with Crippen LogP contribution in [-0.2, 0) is 0 Å². The molecule has 0 atom stereocenters. The molecule has 1 aliphatic rings. The molecule has 7 heteroatoms. The quantitative estimate of drug-likeness (QED) is 0.907. The van der Waals surface area contributed by atoms with Crippen LogP contribution in [0.15, 0.2) is 24.4 Å². The zero-order chi connectivity index (χ0) is 18.0. The average molecular weight is 343 g/mol. The van der Waals surface area contributed by atoms with Gasteiger partial charge in [-0.1, -0.05) is 13.0 Å². The highest BCUT2D eigenvalue weighted by atomic mass is 16.2. The molecule has 0 aromatic carbocycles. The van der Waals surface area contributed by atoms with Crippen molar-refractivity contribution >= 4 is 17.3 Å². The van der Waals surface area contributed by atoms with E-state index in [1.54, 1.807) is 10.6 Å². The summed E-state index contributed by atoms with van der Waals surface area (Å²) in [5.41, 5.74) is 0.945. The Bertz CT molecular complexity index is 775. The van der Waals surface area contributed by atoms with Crippen molar-refractivity contribution in [2.24, 2.45) is 0 Å². The van der Waals surface area contributed by atoms with Gasteiger partial charge in [-0.2, -0.15) is 0 Å². The van der Waals surface area contributed by atoms with E-state index < -0.39 is 0 Å². The first kappa shape index (κ1) is 17.4. The predicted molar refractivity (Wildman–Crippen MR) is 95.8 cm³/mol. The third kappa shape index (κ3) is 3.51. The molecule has 0 radical (unpaired) electrons. The molecule has 25 heavy (non-hydrogen) atoms. The Labute approximate surface area is 147 Å². The van der Waals surface area contributed by atoms with Crippen molar-refractivity contribution in [1.29, 1.82) is 0 Å². The van der Waals surface area contributed by atoms with E-state index in [2.05, 4.69) is 22.1 Å². The number of piperazine rings is 1. The van der Waals surface area contributed by atoms with Gasteiger partial charge in [-0.15, -0.1) is 0 Å². The molecule has 0 unspecified atom stereocenters. The van der Waals surface area contributed by atoms with Gasteiger partial charge in [0.15, 0.2) is 5.69 Å². The lowest BCUT2D eigenvalue weighted by Gasteiger charge is -2.33. The first-order valence-corrected chi connectivity index (χ1v) is 8.80. The third-order valence-corrected chi connectivity index (χ3v) is 4.48. The number of nitrogens with one attached hydrogen (secondary N) is 1. The minimum atomic E-state index is -0.256. The molecule has 7 nitrogen and oxygen atoms in total. The van der Waals surface area contributed by atoms with Crippen molar-refractivity contribution in [1.82, 2.24) is 24.5 Å². The van der Waals surface area contributed by atoms with Gasteiger partial charge in [0.05, 0.1) is 5.52 Å². The molecule has 0 aliphatic carbocycles. The number of aromatic nitrogens is 2. The lowest BCUT2D eigenvalue weighted by molar-refractivity contribution is 0.0630. The third-order valence-electron chi connectivity index (χ3n) is 4.48. The maximum atomic E-state index is 13.0. The molecule has 0 bridgehead atoms. The van der Waals surface area contributed by atoms with Crippen molar-refractivity contribution in [2.45, 2.75) is 26.8 Å². The second-order valence-corrected chi connectivity index (χ2v) is 6.59. The minimum absolute atomic E-state index is 0.00855. The number of imidazole rings is 1. The van der Waals surface area contributed by atoms with Crippen LogP contribution < -0.4 is 5.32 Å². The van der Waals surface area contributed by atoms with E-state index in [4.69, 9.17) is 0 Å². The Balaban J connectivity index is 1.91. The Morgan fingerprint density at radius 2 is 1.92 bits per heavy atom. The molecular weight excluding hydrogens is 318 g/mol. The van der Waals surface area contributed by atoms with E-state index >= 15 is 0 Å². The van der Waals surface area contributed by atoms with Gasteiger partial charge in [-0.3, -0.25) is 14.0 Å². The number of hydrogen-bond acceptors (Lipinski definition) is 4. The van der Waals surface area contributed by atoms with Gasteiger partial charge >= 0.3 is 0 Å². The first-order chi connectivity index (χ1) is 12.0. The van der Waals surface area contributed by atoms with Crippen molar-refractivity contribution < 1.29 is 9.59 Å². The minimum Gasteiger partial charge on any atom is -0.348 e. The zero-order valence-electron chi connectivity index (χ0n) is 15.0. The number of hydrogen-bond donors (Lipinski definition) is 1. The topological polar surface area (TPSA) is 69.9 Å². The number of pyridine rings is 1. The van der Waals surface area contributed by atoms with Crippen LogP contribution in [0.5, 0.6) is 0 Å². The molecular formula is C18H25N5O2. The fourth-order valence-electron chi connectivity index (χ4n) is 3.09. The van der Waals surface area contributed by atoms with Crippen LogP contribution in [0.3, 0.4) is 0 Å². The summed E-state index contributed by atoms with van der Waals surface area (Å²) in [5, 5.41) is 2.85. The largest absolute Gasteiger partial charge is 0.348 e. The van der Waals surface area contributed by atoms with Gasteiger partial charge in [0, 0.05) is 38.4 Å². The zero-order valence-corrected chi connectivity index (χ0v) is 15.0. The standard InChI is InChI=1S/C18H25N5O2/c1-4-21-9-11-22(12-10-21)18(25)16-20-15(17(24)19-13(2)3)14-7-5-6-8-23(14)16/h5-8,13H,4,9-12H2,1-3H3,(H,19,24). The number of carbonyl (C=O) groups is 2. The van der Waals surface area contributed by atoms with Crippen molar-refractivity contribution in [3.05, 3.63) is 35.9 Å². The smallest absolute Gasteiger partial charge is 0.290 e. The summed E-state index contributed by atoms with van der Waals surface area (Å²) in [6.45, 7) is 10.0. The highest BCUT2D eigenvalue weighted by Crippen LogP contribution is 2.16. The second-order valence-electron chi connectivity index (χ2n) is 6.59. The van der Waals surface area contributed by atoms with Gasteiger partial charge < -0.3 is 15.1 Å². The fourth-order valence-corrected chi connectivity index (χ4v) is 3.09. The summed E-state index contributed by atoms with van der Waals surface area (Å²) < 4.78 is 1.71. The Kier molecular flexibility index (Phi) is 5.03. The molecule has 3 heterocycles. The number of rotatable bonds is 4. The molecule has 1 aliphatic heterocycles. The van der Waals surface area contributed by atoms with Gasteiger partial charge in [-0.25, -0.2) is 4.98 Å². The molecule has 0 saturated carbocycles. The average Bonchev–Trinajstić information content (AvgIpc) is 3.00. The van der Waals surface area contributed by atoms with Crippen LogP contribution in [0, 0.1) is 0 Å². The van der Waals surface area contributed by atoms with Crippen LogP contribution >= 0.6 is 0 Å². The van der Waals surface area contributed by atoms with Crippen molar-refractivity contribution in [3.8, 4) is 0 Å². The summed E-state index contributed by atoms with van der Waals surface area (Å²) in [7, 11) is 0. The lowest BCUT2D eigenvalue weighted by atomic mass is 10.3. The molecule has 1 fully saturated rings. The predicted octanol–water partition coefficient (Wildman–Crippen LogP) is 1.25. The molecule has 2 aromatic heterocycles. The molecule has 1 N–H and O–H groups in total. The van der Waals surface area contributed by atoms with Gasteiger partial charge in [0.2, 0.25) is 5.82 Å². The van der Waals surface area contributed by atoms with E-state index in [-0.39, 0.29) is 17.9 Å². The Morgan fingerprint density at radius 3 is 2.56 bits per heavy atom. The fraction of sp³-hybridized carbons (Fsp3) is 0.500. The maximum absolute atomic E-state index is 13.0.